The van der Waals surface area contributed by atoms with Gasteiger partial charge in [0.15, 0.2) is 0 Å². The number of nitrogens with one attached hydrogen (secondary N) is 1. The van der Waals surface area contributed by atoms with Crippen LogP contribution in [0.1, 0.15) is 89.1 Å². The van der Waals surface area contributed by atoms with Gasteiger partial charge in [0, 0.05) is 95.2 Å². The monoisotopic (exact) mass is 759 g/mol. The molecule has 2 aromatic rings. The van der Waals surface area contributed by atoms with E-state index in [1.165, 1.54) is 11.3 Å². The molecule has 2 fully saturated rings. The number of hydrogen-bond donors (Lipinski definition) is 3. The van der Waals surface area contributed by atoms with Crippen LogP contribution in [0.2, 0.25) is 10.0 Å². The lowest BCUT2D eigenvalue weighted by atomic mass is 9.76. The molecule has 51 heavy (non-hydrogen) atoms. The molecule has 276 valence electrons. The maximum Gasteiger partial charge on any atom is 0.334 e. The zero-order valence-electron chi connectivity index (χ0n) is 29.6. The topological polar surface area (TPSA) is 143 Å². The first kappa shape index (κ1) is 38.8. The average molecular weight is 761 g/mol. The van der Waals surface area contributed by atoms with E-state index in [2.05, 4.69) is 33.9 Å². The third-order valence-electron chi connectivity index (χ3n) is 10.8. The number of nitrogens with zero attached hydrogens (tertiary/aromatic N) is 4. The van der Waals surface area contributed by atoms with Gasteiger partial charge in [0.1, 0.15) is 0 Å². The van der Waals surface area contributed by atoms with Crippen LogP contribution in [-0.4, -0.2) is 98.5 Å². The minimum Gasteiger partial charge on any atom is -0.478 e. The summed E-state index contributed by atoms with van der Waals surface area (Å²) in [4.78, 5) is 63.3. The highest BCUT2D eigenvalue weighted by molar-refractivity contribution is 7.09. The second-order valence-electron chi connectivity index (χ2n) is 14.2. The number of allylic oxidation sites excluding steroid dienone is 1. The first-order valence-electron chi connectivity index (χ1n) is 17.6. The van der Waals surface area contributed by atoms with Crippen LogP contribution >= 0.6 is 34.5 Å². The van der Waals surface area contributed by atoms with E-state index < -0.39 is 23.3 Å². The number of aliphatic carboxylic acids is 2. The van der Waals surface area contributed by atoms with Crippen LogP contribution in [0.5, 0.6) is 0 Å². The van der Waals surface area contributed by atoms with Gasteiger partial charge in [0.25, 0.3) is 0 Å². The minimum atomic E-state index is -1.38. The lowest BCUT2D eigenvalue weighted by Crippen LogP contribution is -2.53. The Morgan fingerprint density at radius 1 is 0.980 bits per heavy atom. The van der Waals surface area contributed by atoms with Gasteiger partial charge < -0.3 is 25.3 Å². The largest absolute Gasteiger partial charge is 0.478 e. The molecule has 3 aliphatic rings. The molecule has 1 aromatic carbocycles. The summed E-state index contributed by atoms with van der Waals surface area (Å²) in [6, 6.07) is 4.69. The second kappa shape index (κ2) is 16.1. The van der Waals surface area contributed by atoms with Crippen molar-refractivity contribution in [1.29, 1.82) is 0 Å². The van der Waals surface area contributed by atoms with Crippen molar-refractivity contribution in [1.82, 2.24) is 25.0 Å². The van der Waals surface area contributed by atoms with Crippen molar-refractivity contribution in [3.8, 4) is 0 Å². The molecule has 2 saturated heterocycles. The number of carboxylic acids is 2. The number of likely N-dealkylation sites (tertiary alicyclic amines) is 1. The van der Waals surface area contributed by atoms with Crippen LogP contribution in [-0.2, 0) is 24.6 Å². The fourth-order valence-electron chi connectivity index (χ4n) is 7.86. The standard InChI is InChI=1S/C37H47Cl2N5O6S/c1-5-37(6-2,44-14-8-11-27(44)45)12-15-42-16-18-43(19-17-42)28(46)21-25-30(33(47)48)32(29-23(38)9-7-10-24(29)39)31(34(49)50)26(41-25)22-36(3,4)35-40-13-20-51-35/h7,9-10,13,20,32,41H,5-6,8,11-12,14-19,21-22H2,1-4H3,(H,47,48)(H,49,50). The Hall–Kier alpha value is -3.45. The molecular formula is C37H47Cl2N5O6S. The highest BCUT2D eigenvalue weighted by atomic mass is 35.5. The summed E-state index contributed by atoms with van der Waals surface area (Å²) >= 11 is 14.7. The molecule has 2 amide bonds. The molecule has 5 rings (SSSR count). The fraction of sp³-hybridized carbons (Fsp3) is 0.541. The average Bonchev–Trinajstić information content (AvgIpc) is 3.79. The first-order chi connectivity index (χ1) is 24.2. The van der Waals surface area contributed by atoms with E-state index >= 15 is 0 Å². The van der Waals surface area contributed by atoms with Crippen LogP contribution in [0.25, 0.3) is 0 Å². The SMILES string of the molecule is CCC(CC)(CCN1CCN(C(=O)CC2=C(C(=O)O)C(c3c(Cl)cccc3Cl)C(C(=O)O)=C(CC(C)(C)c3nccs3)N2)CC1)N1CCCC1=O. The number of benzene rings is 1. The molecule has 3 N–H and O–H groups in total. The van der Waals surface area contributed by atoms with Crippen molar-refractivity contribution in [2.45, 2.75) is 89.5 Å². The number of piperazine rings is 1. The first-order valence-corrected chi connectivity index (χ1v) is 19.2. The Balaban J connectivity index is 1.40. The molecule has 0 spiro atoms. The van der Waals surface area contributed by atoms with E-state index in [-0.39, 0.29) is 68.3 Å². The van der Waals surface area contributed by atoms with Crippen molar-refractivity contribution in [2.75, 3.05) is 39.3 Å². The molecule has 3 aliphatic heterocycles. The van der Waals surface area contributed by atoms with Gasteiger partial charge in [-0.1, -0.05) is 57.0 Å². The van der Waals surface area contributed by atoms with Crippen molar-refractivity contribution in [3.63, 3.8) is 0 Å². The fourth-order valence-corrected chi connectivity index (χ4v) is 9.24. The number of rotatable bonds is 14. The molecule has 0 aliphatic carbocycles. The highest BCUT2D eigenvalue weighted by Crippen LogP contribution is 2.47. The number of dihydropyridines is 1. The van der Waals surface area contributed by atoms with Crippen LogP contribution < -0.4 is 5.32 Å². The predicted molar refractivity (Wildman–Crippen MR) is 198 cm³/mol. The quantitative estimate of drug-likeness (QED) is 0.203. The van der Waals surface area contributed by atoms with Gasteiger partial charge in [0.2, 0.25) is 11.8 Å². The molecule has 0 saturated carbocycles. The van der Waals surface area contributed by atoms with Crippen molar-refractivity contribution in [2.24, 2.45) is 0 Å². The molecule has 1 unspecified atom stereocenters. The maximum absolute atomic E-state index is 13.9. The number of aromatic nitrogens is 1. The Bertz CT molecular complexity index is 1690. The lowest BCUT2D eigenvalue weighted by Gasteiger charge is -2.43. The van der Waals surface area contributed by atoms with Gasteiger partial charge in [-0.15, -0.1) is 11.3 Å². The van der Waals surface area contributed by atoms with Gasteiger partial charge in [-0.2, -0.15) is 0 Å². The van der Waals surface area contributed by atoms with E-state index in [0.29, 0.717) is 32.6 Å². The Morgan fingerprint density at radius 2 is 1.61 bits per heavy atom. The molecule has 0 bridgehead atoms. The normalized spacial score (nSPS) is 19.2. The zero-order chi connectivity index (χ0) is 37.1. The summed E-state index contributed by atoms with van der Waals surface area (Å²) in [6.07, 6.45) is 5.74. The minimum absolute atomic E-state index is 0.108. The number of halogens is 2. The van der Waals surface area contributed by atoms with Crippen LogP contribution in [0.15, 0.2) is 52.3 Å². The molecular weight excluding hydrogens is 713 g/mol. The summed E-state index contributed by atoms with van der Waals surface area (Å²) in [6.45, 7) is 12.0. The molecule has 11 nitrogen and oxygen atoms in total. The van der Waals surface area contributed by atoms with E-state index in [0.717, 1.165) is 43.8 Å². The van der Waals surface area contributed by atoms with E-state index in [1.807, 2.05) is 19.2 Å². The van der Waals surface area contributed by atoms with Crippen LogP contribution in [0.4, 0.5) is 0 Å². The summed E-state index contributed by atoms with van der Waals surface area (Å²) in [5.74, 6) is -4.07. The number of carbonyl (C=O) groups is 4. The van der Waals surface area contributed by atoms with Crippen LogP contribution in [0.3, 0.4) is 0 Å². The summed E-state index contributed by atoms with van der Waals surface area (Å²) in [7, 11) is 0. The second-order valence-corrected chi connectivity index (χ2v) is 15.9. The number of carboxylic acid groups (broad SMARTS) is 2. The van der Waals surface area contributed by atoms with Gasteiger partial charge >= 0.3 is 11.9 Å². The Labute approximate surface area is 313 Å². The van der Waals surface area contributed by atoms with Crippen molar-refractivity contribution < 1.29 is 29.4 Å². The zero-order valence-corrected chi connectivity index (χ0v) is 32.0. The summed E-state index contributed by atoms with van der Waals surface area (Å²) in [5, 5.41) is 27.3. The predicted octanol–water partition coefficient (Wildman–Crippen LogP) is 6.29. The van der Waals surface area contributed by atoms with Gasteiger partial charge in [-0.05, 0) is 44.2 Å². The van der Waals surface area contributed by atoms with E-state index in [4.69, 9.17) is 23.2 Å². The third kappa shape index (κ3) is 8.14. The molecule has 1 atom stereocenters. The van der Waals surface area contributed by atoms with Crippen molar-refractivity contribution in [3.05, 3.63) is 72.9 Å². The number of hydrogen-bond acceptors (Lipinski definition) is 8. The third-order valence-corrected chi connectivity index (χ3v) is 12.6. The molecule has 14 heteroatoms. The van der Waals surface area contributed by atoms with E-state index in [1.54, 1.807) is 29.3 Å². The Morgan fingerprint density at radius 3 is 2.14 bits per heavy atom. The van der Waals surface area contributed by atoms with Crippen LogP contribution in [0, 0.1) is 0 Å². The Kier molecular flexibility index (Phi) is 12.2. The molecule has 1 aromatic heterocycles. The van der Waals surface area contributed by atoms with Crippen molar-refractivity contribution >= 4 is 58.3 Å². The summed E-state index contributed by atoms with van der Waals surface area (Å²) < 4.78 is 0. The maximum atomic E-state index is 13.9. The molecule has 4 heterocycles. The van der Waals surface area contributed by atoms with Gasteiger partial charge in [-0.3, -0.25) is 14.5 Å². The number of thiazole rings is 1. The summed E-state index contributed by atoms with van der Waals surface area (Å²) in [5.41, 5.74) is -0.730. The smallest absolute Gasteiger partial charge is 0.334 e. The van der Waals surface area contributed by atoms with Gasteiger partial charge in [-0.25, -0.2) is 14.6 Å². The van der Waals surface area contributed by atoms with E-state index in [9.17, 15) is 29.4 Å². The lowest BCUT2D eigenvalue weighted by molar-refractivity contribution is -0.135. The molecule has 0 radical (unpaired) electrons. The number of carbonyl (C=O) groups excluding carboxylic acids is 2. The highest BCUT2D eigenvalue weighted by Gasteiger charge is 2.43. The number of amides is 2. The van der Waals surface area contributed by atoms with Gasteiger partial charge in [0.05, 0.1) is 28.5 Å².